The number of aliphatic hydroxyl groups excluding tert-OH is 11. The van der Waals surface area contributed by atoms with Crippen LogP contribution >= 0.6 is 0 Å². The lowest BCUT2D eigenvalue weighted by Crippen LogP contribution is -2.60. The molecule has 3 fully saturated rings. The van der Waals surface area contributed by atoms with E-state index in [1.54, 1.807) is 0 Å². The van der Waals surface area contributed by atoms with Crippen molar-refractivity contribution in [1.82, 2.24) is 0 Å². The number of rotatable bonds is 8. The maximum Gasteiger partial charge on any atom is 0.197 e. The number of benzene rings is 2. The van der Waals surface area contributed by atoms with Gasteiger partial charge in [0.2, 0.25) is 0 Å². The second-order valence-electron chi connectivity index (χ2n) is 13.1. The first-order chi connectivity index (χ1) is 25.1. The standard InChI is InChI=1S/C33H40O20/c34-6-13-19(38)24(43)28(47)32(51-13)18-23(42)17(22(41)16-11(37)5-12(50-30(16)18)9-1-3-10(36)4-2-9)31-27(46)25(44)21(40)15(52-31)8-49-33-29(48)26(45)20(39)14(7-35)53-33/h1-5,13-15,19-21,24-29,31-36,38-48H,6-8H2/t13-,14-,15+,19+,20-,21-,24+,25+,26-,27-,28-,29+,31+,32+,33+/m0/s1. The lowest BCUT2D eigenvalue weighted by molar-refractivity contribution is -0.314. The van der Waals surface area contributed by atoms with E-state index in [1.807, 2.05) is 0 Å². The zero-order chi connectivity index (χ0) is 38.6. The van der Waals surface area contributed by atoms with Gasteiger partial charge in [-0.05, 0) is 24.3 Å². The number of aliphatic hydroxyl groups is 11. The van der Waals surface area contributed by atoms with Gasteiger partial charge in [0.05, 0.1) is 30.9 Å². The van der Waals surface area contributed by atoms with E-state index < -0.39 is 151 Å². The fraction of sp³-hybridized carbons (Fsp3) is 0.545. The molecule has 20 nitrogen and oxygen atoms in total. The molecule has 1 aromatic heterocycles. The lowest BCUT2D eigenvalue weighted by Gasteiger charge is -2.43. The highest BCUT2D eigenvalue weighted by molar-refractivity contribution is 5.92. The Morgan fingerprint density at radius 1 is 0.585 bits per heavy atom. The van der Waals surface area contributed by atoms with Crippen molar-refractivity contribution in [2.45, 2.75) is 91.7 Å². The van der Waals surface area contributed by atoms with Crippen molar-refractivity contribution in [1.29, 1.82) is 0 Å². The summed E-state index contributed by atoms with van der Waals surface area (Å²) in [5.74, 6) is -2.48. The summed E-state index contributed by atoms with van der Waals surface area (Å²) in [7, 11) is 0. The average Bonchev–Trinajstić information content (AvgIpc) is 3.13. The Morgan fingerprint density at radius 2 is 1.09 bits per heavy atom. The van der Waals surface area contributed by atoms with Gasteiger partial charge in [-0.3, -0.25) is 4.79 Å². The molecule has 0 saturated carbocycles. The molecule has 3 aliphatic rings. The number of aromatic hydroxyl groups is 3. The zero-order valence-corrected chi connectivity index (χ0v) is 27.4. The van der Waals surface area contributed by atoms with Crippen LogP contribution in [0.25, 0.3) is 22.3 Å². The Hall–Kier alpha value is -3.55. The van der Waals surface area contributed by atoms with Crippen LogP contribution in [-0.4, -0.2) is 171 Å². The Balaban J connectivity index is 1.46. The Bertz CT molecular complexity index is 1810. The van der Waals surface area contributed by atoms with Crippen LogP contribution in [0.15, 0.2) is 39.5 Å². The third-order valence-corrected chi connectivity index (χ3v) is 9.79. The van der Waals surface area contributed by atoms with Crippen molar-refractivity contribution in [3.05, 3.63) is 51.7 Å². The van der Waals surface area contributed by atoms with Crippen molar-refractivity contribution in [2.24, 2.45) is 0 Å². The van der Waals surface area contributed by atoms with Crippen molar-refractivity contribution >= 4 is 11.0 Å². The number of fused-ring (bicyclic) bond motifs is 1. The number of hydrogen-bond donors (Lipinski definition) is 14. The summed E-state index contributed by atoms with van der Waals surface area (Å²) < 4.78 is 28.2. The van der Waals surface area contributed by atoms with Gasteiger partial charge in [0.15, 0.2) is 17.3 Å². The molecule has 0 amide bonds. The first-order valence-corrected chi connectivity index (χ1v) is 16.4. The van der Waals surface area contributed by atoms with Crippen molar-refractivity contribution in [2.75, 3.05) is 19.8 Å². The van der Waals surface area contributed by atoms with Crippen LogP contribution in [0.5, 0.6) is 17.2 Å². The van der Waals surface area contributed by atoms with Crippen LogP contribution in [0.2, 0.25) is 0 Å². The monoisotopic (exact) mass is 756 g/mol. The molecule has 3 aliphatic heterocycles. The van der Waals surface area contributed by atoms with Crippen molar-refractivity contribution in [3.63, 3.8) is 0 Å². The normalized spacial score (nSPS) is 37.9. The minimum atomic E-state index is -2.17. The summed E-state index contributed by atoms with van der Waals surface area (Å²) in [4.78, 5) is 13.7. The van der Waals surface area contributed by atoms with Gasteiger partial charge in [0.25, 0.3) is 0 Å². The van der Waals surface area contributed by atoms with Crippen LogP contribution < -0.4 is 5.43 Å². The van der Waals surface area contributed by atoms with Gasteiger partial charge in [-0.15, -0.1) is 0 Å². The van der Waals surface area contributed by atoms with Crippen molar-refractivity contribution < 1.29 is 94.9 Å². The molecule has 0 unspecified atom stereocenters. The van der Waals surface area contributed by atoms with E-state index in [1.165, 1.54) is 24.3 Å². The topological polar surface area (TPSA) is 350 Å². The van der Waals surface area contributed by atoms with E-state index in [0.29, 0.717) is 0 Å². The summed E-state index contributed by atoms with van der Waals surface area (Å²) in [5, 5.41) is 147. The van der Waals surface area contributed by atoms with E-state index in [4.69, 9.17) is 23.4 Å². The van der Waals surface area contributed by atoms with Crippen molar-refractivity contribution in [3.8, 4) is 28.6 Å². The number of phenolic OH excluding ortho intramolecular Hbond substituents is 3. The smallest absolute Gasteiger partial charge is 0.197 e. The minimum absolute atomic E-state index is 0.130. The quantitative estimate of drug-likeness (QED) is 0.103. The molecule has 20 heteroatoms. The predicted octanol–water partition coefficient (Wildman–Crippen LogP) is -4.57. The van der Waals surface area contributed by atoms with Crippen LogP contribution in [0.4, 0.5) is 0 Å². The Morgan fingerprint density at radius 3 is 1.68 bits per heavy atom. The number of hydrogen-bond acceptors (Lipinski definition) is 20. The fourth-order valence-electron chi connectivity index (χ4n) is 6.77. The summed E-state index contributed by atoms with van der Waals surface area (Å²) >= 11 is 0. The highest BCUT2D eigenvalue weighted by Crippen LogP contribution is 2.51. The van der Waals surface area contributed by atoms with E-state index in [-0.39, 0.29) is 17.1 Å². The molecule has 0 radical (unpaired) electrons. The maximum absolute atomic E-state index is 13.7. The maximum atomic E-state index is 13.7. The molecule has 292 valence electrons. The molecule has 2 aromatic carbocycles. The molecule has 3 aromatic rings. The minimum Gasteiger partial charge on any atom is -0.508 e. The summed E-state index contributed by atoms with van der Waals surface area (Å²) in [5.41, 5.74) is -2.85. The highest BCUT2D eigenvalue weighted by atomic mass is 16.7. The lowest BCUT2D eigenvalue weighted by atomic mass is 9.85. The SMILES string of the molecule is O=c1cc(-c2ccc(O)cc2)oc2c([C@H]3O[C@@H](CO)[C@@H](O)[C@@H](O)[C@@H]3O)c(O)c([C@H]3O[C@H](CO[C@@H]4O[C@@H](CO)[C@H](O)[C@H](O)[C@H]4O)[C@H](O)[C@@H](O)[C@@H]3O)c(O)c12. The van der Waals surface area contributed by atoms with Gasteiger partial charge in [0, 0.05) is 11.6 Å². The first-order valence-electron chi connectivity index (χ1n) is 16.4. The fourth-order valence-corrected chi connectivity index (χ4v) is 6.77. The van der Waals surface area contributed by atoms with Gasteiger partial charge in [-0.25, -0.2) is 0 Å². The molecular weight excluding hydrogens is 716 g/mol. The van der Waals surface area contributed by atoms with Gasteiger partial charge in [-0.1, -0.05) is 0 Å². The molecule has 6 rings (SSSR count). The Kier molecular flexibility index (Phi) is 11.3. The molecule has 15 atom stereocenters. The van der Waals surface area contributed by atoms with E-state index in [9.17, 15) is 76.3 Å². The molecule has 14 N–H and O–H groups in total. The van der Waals surface area contributed by atoms with Crippen LogP contribution in [-0.2, 0) is 18.9 Å². The largest absolute Gasteiger partial charge is 0.508 e. The van der Waals surface area contributed by atoms with Gasteiger partial charge in [-0.2, -0.15) is 0 Å². The molecule has 4 heterocycles. The van der Waals surface area contributed by atoms with Crippen LogP contribution in [0, 0.1) is 0 Å². The third-order valence-electron chi connectivity index (χ3n) is 9.79. The molecule has 53 heavy (non-hydrogen) atoms. The second kappa shape index (κ2) is 15.3. The molecular formula is C33H40O20. The summed E-state index contributed by atoms with van der Waals surface area (Å²) in [6.07, 6.45) is -27.9. The summed E-state index contributed by atoms with van der Waals surface area (Å²) in [6.45, 7) is -2.49. The molecule has 3 saturated heterocycles. The van der Waals surface area contributed by atoms with Gasteiger partial charge in [0.1, 0.15) is 114 Å². The summed E-state index contributed by atoms with van der Waals surface area (Å²) in [6, 6.07) is 6.21. The number of ether oxygens (including phenoxy) is 4. The Labute approximate surface area is 297 Å². The van der Waals surface area contributed by atoms with Gasteiger partial charge >= 0.3 is 0 Å². The second-order valence-corrected chi connectivity index (χ2v) is 13.1. The average molecular weight is 757 g/mol. The molecule has 0 spiro atoms. The highest BCUT2D eigenvalue weighted by Gasteiger charge is 2.51. The van der Waals surface area contributed by atoms with Crippen LogP contribution in [0.3, 0.4) is 0 Å². The van der Waals surface area contributed by atoms with E-state index in [0.717, 1.165) is 6.07 Å². The predicted molar refractivity (Wildman–Crippen MR) is 171 cm³/mol. The van der Waals surface area contributed by atoms with E-state index >= 15 is 0 Å². The van der Waals surface area contributed by atoms with E-state index in [2.05, 4.69) is 0 Å². The first kappa shape index (κ1) is 39.2. The van der Waals surface area contributed by atoms with Gasteiger partial charge < -0.3 is 94.9 Å². The number of phenols is 3. The zero-order valence-electron chi connectivity index (χ0n) is 27.4. The molecule has 0 bridgehead atoms. The third kappa shape index (κ3) is 6.86. The van der Waals surface area contributed by atoms with Crippen LogP contribution in [0.1, 0.15) is 23.3 Å². The molecule has 0 aliphatic carbocycles.